The van der Waals surface area contributed by atoms with E-state index in [0.717, 1.165) is 0 Å². The quantitative estimate of drug-likeness (QED) is 0.418. The van der Waals surface area contributed by atoms with Gasteiger partial charge in [-0.15, -0.1) is 5.10 Å². The van der Waals surface area contributed by atoms with Crippen molar-refractivity contribution in [1.82, 2.24) is 30.1 Å². The summed E-state index contributed by atoms with van der Waals surface area (Å²) in [5.41, 5.74) is 0.900. The Hall–Kier alpha value is -3.83. The fourth-order valence-electron chi connectivity index (χ4n) is 3.24. The lowest BCUT2D eigenvalue weighted by atomic mass is 10.2. The molecule has 0 bridgehead atoms. The number of nitro benzene ring substituents is 1. The van der Waals surface area contributed by atoms with Gasteiger partial charge >= 0.3 is 11.8 Å². The monoisotopic (exact) mass is 429 g/mol. The highest BCUT2D eigenvalue weighted by molar-refractivity contribution is 6.35. The zero-order valence-electron chi connectivity index (χ0n) is 17.4. The maximum Gasteiger partial charge on any atom is 0.312 e. The lowest BCUT2D eigenvalue weighted by Gasteiger charge is -2.34. The highest BCUT2D eigenvalue weighted by Crippen LogP contribution is 2.19. The van der Waals surface area contributed by atoms with Crippen molar-refractivity contribution in [2.75, 3.05) is 26.2 Å². The fraction of sp³-hybridized carbons (Fsp3) is 0.421. The molecule has 3 amide bonds. The van der Waals surface area contributed by atoms with Crippen LogP contribution in [0.2, 0.25) is 0 Å². The zero-order chi connectivity index (χ0) is 22.7. The molecular formula is C19H23N7O5. The molecule has 2 heterocycles. The van der Waals surface area contributed by atoms with Crippen LogP contribution in [0.3, 0.4) is 0 Å². The molecule has 0 unspecified atom stereocenters. The van der Waals surface area contributed by atoms with E-state index in [2.05, 4.69) is 15.6 Å². The minimum Gasteiger partial charge on any atom is -0.346 e. The number of carbonyl (C=O) groups is 3. The number of carbonyl (C=O) groups excluding carboxylic acids is 3. The molecule has 1 N–H and O–H groups in total. The number of nitro groups is 1. The molecule has 12 heteroatoms. The van der Waals surface area contributed by atoms with E-state index in [4.69, 9.17) is 0 Å². The number of nitrogens with one attached hydrogen (secondary N) is 1. The van der Waals surface area contributed by atoms with Gasteiger partial charge in [0.2, 0.25) is 0 Å². The number of rotatable bonds is 4. The summed E-state index contributed by atoms with van der Waals surface area (Å²) in [5.74, 6) is -1.63. The molecule has 0 aliphatic carbocycles. The molecule has 1 aromatic heterocycles. The standard InChI is InChI=1S/C19H23N7O5/c1-12(2)20-17(27)19(29)24-9-7-23(8-10-24)18(28)16-13(3)25(22-21-16)14-5-4-6-15(11-14)26(30)31/h4-6,11-12H,7-10H2,1-3H3,(H,20,27). The van der Waals surface area contributed by atoms with Gasteiger partial charge in [0.05, 0.1) is 16.3 Å². The van der Waals surface area contributed by atoms with Gasteiger partial charge in [-0.2, -0.15) is 0 Å². The first kappa shape index (κ1) is 21.9. The van der Waals surface area contributed by atoms with Crippen molar-refractivity contribution in [3.8, 4) is 5.69 Å². The molecule has 12 nitrogen and oxygen atoms in total. The molecule has 1 aliphatic rings. The zero-order valence-corrected chi connectivity index (χ0v) is 17.4. The highest BCUT2D eigenvalue weighted by Gasteiger charge is 2.30. The van der Waals surface area contributed by atoms with Crippen LogP contribution >= 0.6 is 0 Å². The maximum atomic E-state index is 12.9. The van der Waals surface area contributed by atoms with Crippen molar-refractivity contribution in [2.45, 2.75) is 26.8 Å². The van der Waals surface area contributed by atoms with Gasteiger partial charge in [0, 0.05) is 44.4 Å². The van der Waals surface area contributed by atoms with Crippen molar-refractivity contribution < 1.29 is 19.3 Å². The molecule has 0 saturated carbocycles. The van der Waals surface area contributed by atoms with E-state index in [9.17, 15) is 24.5 Å². The molecule has 0 radical (unpaired) electrons. The maximum absolute atomic E-state index is 12.9. The summed E-state index contributed by atoms with van der Waals surface area (Å²) < 4.78 is 1.37. The van der Waals surface area contributed by atoms with Crippen LogP contribution in [0.5, 0.6) is 0 Å². The molecule has 1 aliphatic heterocycles. The van der Waals surface area contributed by atoms with Crippen LogP contribution in [0, 0.1) is 17.0 Å². The van der Waals surface area contributed by atoms with Crippen molar-refractivity contribution >= 4 is 23.4 Å². The van der Waals surface area contributed by atoms with Gasteiger partial charge in [0.1, 0.15) is 0 Å². The molecule has 1 fully saturated rings. The molecule has 0 spiro atoms. The first-order valence-electron chi connectivity index (χ1n) is 9.75. The number of nitrogens with zero attached hydrogens (tertiary/aromatic N) is 6. The topological polar surface area (TPSA) is 144 Å². The van der Waals surface area contributed by atoms with Gasteiger partial charge < -0.3 is 15.1 Å². The van der Waals surface area contributed by atoms with Crippen molar-refractivity contribution in [3.63, 3.8) is 0 Å². The largest absolute Gasteiger partial charge is 0.346 e. The van der Waals surface area contributed by atoms with E-state index in [0.29, 0.717) is 11.4 Å². The van der Waals surface area contributed by atoms with Gasteiger partial charge in [-0.1, -0.05) is 11.3 Å². The average molecular weight is 429 g/mol. The Labute approximate surface area is 177 Å². The number of aromatic nitrogens is 3. The first-order valence-corrected chi connectivity index (χ1v) is 9.75. The van der Waals surface area contributed by atoms with E-state index in [1.165, 1.54) is 27.8 Å². The molecule has 1 aromatic carbocycles. The lowest BCUT2D eigenvalue weighted by molar-refractivity contribution is -0.384. The summed E-state index contributed by atoms with van der Waals surface area (Å²) >= 11 is 0. The molecule has 3 rings (SSSR count). The third-order valence-corrected chi connectivity index (χ3v) is 4.85. The highest BCUT2D eigenvalue weighted by atomic mass is 16.6. The summed E-state index contributed by atoms with van der Waals surface area (Å²) in [4.78, 5) is 50.5. The Kier molecular flexibility index (Phi) is 6.28. The van der Waals surface area contributed by atoms with Gasteiger partial charge in [-0.25, -0.2) is 4.68 Å². The van der Waals surface area contributed by atoms with Crippen LogP contribution in [-0.2, 0) is 9.59 Å². The number of benzene rings is 1. The molecular weight excluding hydrogens is 406 g/mol. The summed E-state index contributed by atoms with van der Waals surface area (Å²) in [6, 6.07) is 5.74. The van der Waals surface area contributed by atoms with Crippen LogP contribution in [-0.4, -0.2) is 79.7 Å². The fourth-order valence-corrected chi connectivity index (χ4v) is 3.24. The number of piperazine rings is 1. The van der Waals surface area contributed by atoms with Crippen LogP contribution in [0.15, 0.2) is 24.3 Å². The summed E-state index contributed by atoms with van der Waals surface area (Å²) in [6.07, 6.45) is 0. The summed E-state index contributed by atoms with van der Waals surface area (Å²) in [5, 5.41) is 21.5. The van der Waals surface area contributed by atoms with E-state index < -0.39 is 16.7 Å². The molecule has 2 aromatic rings. The number of hydrogen-bond donors (Lipinski definition) is 1. The Morgan fingerprint density at radius 3 is 2.39 bits per heavy atom. The molecule has 164 valence electrons. The Morgan fingerprint density at radius 2 is 1.77 bits per heavy atom. The number of hydrogen-bond acceptors (Lipinski definition) is 7. The normalized spacial score (nSPS) is 13.9. The van der Waals surface area contributed by atoms with Crippen LogP contribution in [0.4, 0.5) is 5.69 Å². The van der Waals surface area contributed by atoms with Gasteiger partial charge in [0.25, 0.3) is 11.6 Å². The lowest BCUT2D eigenvalue weighted by Crippen LogP contribution is -2.54. The number of amides is 3. The molecule has 0 atom stereocenters. The predicted molar refractivity (Wildman–Crippen MR) is 109 cm³/mol. The molecule has 31 heavy (non-hydrogen) atoms. The smallest absolute Gasteiger partial charge is 0.312 e. The van der Waals surface area contributed by atoms with Gasteiger partial charge in [-0.05, 0) is 26.8 Å². The van der Waals surface area contributed by atoms with E-state index in [1.54, 1.807) is 31.7 Å². The third kappa shape index (κ3) is 4.68. The van der Waals surface area contributed by atoms with E-state index >= 15 is 0 Å². The molecule has 1 saturated heterocycles. The SMILES string of the molecule is Cc1c(C(=O)N2CCN(C(=O)C(=O)NC(C)C)CC2)nnn1-c1cccc([N+](=O)[O-])c1. The van der Waals surface area contributed by atoms with Gasteiger partial charge in [0.15, 0.2) is 5.69 Å². The second-order valence-electron chi connectivity index (χ2n) is 7.42. The Morgan fingerprint density at radius 1 is 1.13 bits per heavy atom. The van der Waals surface area contributed by atoms with Gasteiger partial charge in [-0.3, -0.25) is 24.5 Å². The third-order valence-electron chi connectivity index (χ3n) is 4.85. The van der Waals surface area contributed by atoms with E-state index in [-0.39, 0.29) is 49.5 Å². The van der Waals surface area contributed by atoms with Crippen LogP contribution < -0.4 is 5.32 Å². The second-order valence-corrected chi connectivity index (χ2v) is 7.42. The second kappa shape index (κ2) is 8.90. The van der Waals surface area contributed by atoms with Crippen molar-refractivity contribution in [2.24, 2.45) is 0 Å². The average Bonchev–Trinajstić information content (AvgIpc) is 3.13. The predicted octanol–water partition coefficient (Wildman–Crippen LogP) is 0.293. The van der Waals surface area contributed by atoms with E-state index in [1.807, 2.05) is 0 Å². The minimum absolute atomic E-state index is 0.0948. The van der Waals surface area contributed by atoms with Crippen LogP contribution in [0.25, 0.3) is 5.69 Å². The van der Waals surface area contributed by atoms with Crippen molar-refractivity contribution in [1.29, 1.82) is 0 Å². The first-order chi connectivity index (χ1) is 14.7. The summed E-state index contributed by atoms with van der Waals surface area (Å²) in [6.45, 7) is 6.16. The summed E-state index contributed by atoms with van der Waals surface area (Å²) in [7, 11) is 0. The van der Waals surface area contributed by atoms with Crippen LogP contribution in [0.1, 0.15) is 30.0 Å². The minimum atomic E-state index is -0.662. The van der Waals surface area contributed by atoms with Crippen molar-refractivity contribution in [3.05, 3.63) is 45.8 Å². The Bertz CT molecular complexity index is 1020. The number of non-ortho nitro benzene ring substituents is 1. The Balaban J connectivity index is 1.69.